The molecule has 3 aliphatic heterocycles. The van der Waals surface area contributed by atoms with Gasteiger partial charge in [0.2, 0.25) is 53.2 Å². The number of rotatable bonds is 54. The maximum atomic E-state index is 15.0. The van der Waals surface area contributed by atoms with E-state index in [0.29, 0.717) is 69.2 Å². The van der Waals surface area contributed by atoms with E-state index in [4.69, 9.17) is 43.4 Å². The van der Waals surface area contributed by atoms with Crippen LogP contribution in [0.4, 0.5) is 0 Å². The summed E-state index contributed by atoms with van der Waals surface area (Å²) >= 11 is 0. The molecule has 3 heterocycles. The second kappa shape index (κ2) is 53.2. The number of ether oxygens (including phenoxy) is 8. The molecule has 1 aliphatic carbocycles. The summed E-state index contributed by atoms with van der Waals surface area (Å²) in [5.74, 6) is -8.33. The van der Waals surface area contributed by atoms with E-state index in [9.17, 15) is 73.5 Å². The SMILES string of the molecule is CC[C@H](C)[C@@H]([C@@H](CC(=O)N1CCC[C@H]1[C@H](OC)[C@@H](C)C(=O)N[C@H](C)[C@@H](O)c1ccccc1)OC)N(C)C(=O)[C@@H](NC(=O)[C@H](C(C)C)N(C)C(=O)[C@H](C)NC(=O)[C@@H](NC(=O)[C@@H](CCCCNC(=O)COC1CCCCC/C(N[C@@H]2O[C@H](CO)[C@H](O)[C@H](O)[C@H]2O)=C\1N=N)NC(=O)CCOCCOCCOCCOCCN1C(=O)C=CC1=O)C(C)C)C(C)C. The molecule has 19 atom stereocenters. The van der Waals surface area contributed by atoms with E-state index in [1.54, 1.807) is 91.6 Å². The molecule has 37 nitrogen and oxygen atoms in total. The number of imide groups is 1. The summed E-state index contributed by atoms with van der Waals surface area (Å²) in [6.07, 6.45) is -3.38. The number of nitrogens with zero attached hydrogens (tertiary/aromatic N) is 5. The standard InChI is InChI=1S/C84H139N13O24/c1-16-52(8)72(61(114-14)46-67(103)96-36-25-30-59(96)77(115-15)53(9)78(108)87-54(10)73(104)56-26-19-17-20-27-56)95(13)84(113)69(50(4)5)92-81(111)71(51(6)7)94(12)83(112)55(11)88-80(110)68(49(2)3)91-79(109)58(89-63(99)34-38-116-40-42-118-44-45-119-43-41-117-39-37-97-65(101)32-33-66(97)102)29-23-24-35-86-64(100)48-120-60-31-22-18-21-28-57(70(60)93-85)90-82-76(107)75(106)74(105)62(47-98)121-82/h17,19-20,26-27,32-33,49-55,58-62,68-69,71-77,82,85,90,98,104-107H,16,18,21-25,28-31,34-48H2,1-15H3,(H,86,100)(H,87,108)(H,88,110)(H,89,99)(H,91,109)(H,92,111)/b70-57-,93-85?/t52-,53+,54+,55-,58+,59-,60?,61+,62+,68-,69-,71-,72-,73+,74-,75-,76+,77+,82+/m0/s1. The molecule has 1 aromatic rings. The lowest BCUT2D eigenvalue weighted by Crippen LogP contribution is -2.62. The van der Waals surface area contributed by atoms with Crippen LogP contribution in [0, 0.1) is 35.1 Å². The molecule has 0 saturated carbocycles. The van der Waals surface area contributed by atoms with Crippen LogP contribution in [-0.4, -0.2) is 321 Å². The molecule has 0 aromatic heterocycles. The molecule has 121 heavy (non-hydrogen) atoms. The number of amides is 11. The second-order valence-electron chi connectivity index (χ2n) is 32.7. The van der Waals surface area contributed by atoms with Crippen molar-refractivity contribution in [1.29, 1.82) is 5.53 Å². The Balaban J connectivity index is 1.20. The van der Waals surface area contributed by atoms with Crippen LogP contribution in [-0.2, 0) is 90.6 Å². The van der Waals surface area contributed by atoms with E-state index in [0.717, 1.165) is 11.3 Å². The first kappa shape index (κ1) is 103. The van der Waals surface area contributed by atoms with Crippen molar-refractivity contribution < 1.29 is 116 Å². The lowest BCUT2D eigenvalue weighted by Gasteiger charge is -2.41. The van der Waals surface area contributed by atoms with Gasteiger partial charge in [0.1, 0.15) is 73.0 Å². The first-order valence-corrected chi connectivity index (χ1v) is 42.6. The molecule has 0 radical (unpaired) electrons. The Hall–Kier alpha value is -8.05. The summed E-state index contributed by atoms with van der Waals surface area (Å²) in [6.45, 7) is 20.0. The number of unbranched alkanes of at least 4 members (excludes halogenated alkanes) is 1. The normalized spacial score (nSPS) is 22.5. The van der Waals surface area contributed by atoms with Crippen molar-refractivity contribution in [2.45, 2.75) is 263 Å². The van der Waals surface area contributed by atoms with Gasteiger partial charge in [-0.25, -0.2) is 5.53 Å². The molecule has 1 unspecified atom stereocenters. The predicted octanol–water partition coefficient (Wildman–Crippen LogP) is 1.55. The summed E-state index contributed by atoms with van der Waals surface area (Å²) in [5, 5.41) is 75.9. The highest BCUT2D eigenvalue weighted by Gasteiger charge is 2.47. The lowest BCUT2D eigenvalue weighted by atomic mass is 9.89. The number of benzene rings is 1. The maximum absolute atomic E-state index is 15.0. The van der Waals surface area contributed by atoms with Crippen LogP contribution < -0.4 is 37.2 Å². The van der Waals surface area contributed by atoms with Gasteiger partial charge in [0.25, 0.3) is 11.8 Å². The fraction of sp³-hybridized carbons (Fsp3) is 0.750. The van der Waals surface area contributed by atoms with Crippen molar-refractivity contribution in [3.05, 3.63) is 59.4 Å². The number of carbonyl (C=O) groups is 11. The summed E-state index contributed by atoms with van der Waals surface area (Å²) in [4.78, 5) is 158. The van der Waals surface area contributed by atoms with Crippen LogP contribution in [0.5, 0.6) is 0 Å². The molecule has 0 bridgehead atoms. The van der Waals surface area contributed by atoms with Gasteiger partial charge in [-0.1, -0.05) is 112 Å². The van der Waals surface area contributed by atoms with Gasteiger partial charge >= 0.3 is 0 Å². The Morgan fingerprint density at radius 1 is 0.661 bits per heavy atom. The number of hydrogen-bond acceptors (Lipinski definition) is 27. The Morgan fingerprint density at radius 3 is 1.87 bits per heavy atom. The van der Waals surface area contributed by atoms with Gasteiger partial charge in [0, 0.05) is 65.7 Å². The van der Waals surface area contributed by atoms with Crippen molar-refractivity contribution in [3.63, 3.8) is 0 Å². The van der Waals surface area contributed by atoms with Gasteiger partial charge in [-0.3, -0.25) is 57.6 Å². The van der Waals surface area contributed by atoms with Gasteiger partial charge in [-0.2, -0.15) is 5.11 Å². The van der Waals surface area contributed by atoms with Crippen LogP contribution in [0.25, 0.3) is 0 Å². The van der Waals surface area contributed by atoms with E-state index < -0.39 is 182 Å². The molecule has 4 aliphatic rings. The number of methoxy groups -OCH3 is 2. The summed E-state index contributed by atoms with van der Waals surface area (Å²) < 4.78 is 46.0. The number of likely N-dealkylation sites (N-methyl/N-ethyl adjacent to an activating group) is 2. The first-order chi connectivity index (χ1) is 57.6. The second-order valence-corrected chi connectivity index (χ2v) is 32.7. The molecule has 2 saturated heterocycles. The van der Waals surface area contributed by atoms with E-state index in [-0.39, 0.29) is 127 Å². The number of hydrogen-bond donors (Lipinski definition) is 13. The van der Waals surface area contributed by atoms with Crippen molar-refractivity contribution in [1.82, 2.24) is 56.8 Å². The largest absolute Gasteiger partial charge is 0.394 e. The highest BCUT2D eigenvalue weighted by Crippen LogP contribution is 2.32. The fourth-order valence-electron chi connectivity index (χ4n) is 15.5. The minimum absolute atomic E-state index is 0.0262. The average Bonchev–Trinajstić information content (AvgIpc) is 1.76. The predicted molar refractivity (Wildman–Crippen MR) is 442 cm³/mol. The van der Waals surface area contributed by atoms with Gasteiger partial charge in [-0.15, -0.1) is 0 Å². The number of aliphatic hydroxyl groups excluding tert-OH is 5. The highest BCUT2D eigenvalue weighted by atomic mass is 16.6. The van der Waals surface area contributed by atoms with E-state index >= 15 is 4.79 Å². The molecule has 11 amide bonds. The third-order valence-corrected chi connectivity index (χ3v) is 22.7. The summed E-state index contributed by atoms with van der Waals surface area (Å²) in [7, 11) is 6.01. The minimum atomic E-state index is -1.65. The Labute approximate surface area is 711 Å². The van der Waals surface area contributed by atoms with Crippen LogP contribution >= 0.6 is 0 Å². The molecular weight excluding hydrogens is 1570 g/mol. The van der Waals surface area contributed by atoms with E-state index in [1.165, 1.54) is 50.1 Å². The lowest BCUT2D eigenvalue weighted by molar-refractivity contribution is -0.234. The van der Waals surface area contributed by atoms with Crippen LogP contribution in [0.1, 0.15) is 171 Å². The molecule has 5 rings (SSSR count). The topological polar surface area (TPSA) is 496 Å². The van der Waals surface area contributed by atoms with Gasteiger partial charge in [0.15, 0.2) is 6.23 Å². The summed E-state index contributed by atoms with van der Waals surface area (Å²) in [5.41, 5.74) is 9.22. The monoisotopic (exact) mass is 1710 g/mol. The number of aliphatic hydroxyl groups is 5. The zero-order valence-corrected chi connectivity index (χ0v) is 73.4. The van der Waals surface area contributed by atoms with Crippen molar-refractivity contribution in [2.24, 2.45) is 34.7 Å². The first-order valence-electron chi connectivity index (χ1n) is 42.6. The van der Waals surface area contributed by atoms with Crippen molar-refractivity contribution >= 4 is 65.0 Å². The Bertz CT molecular complexity index is 3500. The Kier molecular flexibility index (Phi) is 45.5. The number of nitrogens with one attached hydrogen (secondary N) is 8. The molecule has 684 valence electrons. The minimum Gasteiger partial charge on any atom is -0.394 e. The van der Waals surface area contributed by atoms with Gasteiger partial charge < -0.3 is 115 Å². The zero-order chi connectivity index (χ0) is 89.7. The summed E-state index contributed by atoms with van der Waals surface area (Å²) in [6, 6.07) is 1.12. The van der Waals surface area contributed by atoms with Gasteiger partial charge in [-0.05, 0) is 94.4 Å². The molecule has 0 spiro atoms. The Morgan fingerprint density at radius 2 is 1.28 bits per heavy atom. The van der Waals surface area contributed by atoms with Crippen molar-refractivity contribution in [3.8, 4) is 0 Å². The van der Waals surface area contributed by atoms with Crippen LogP contribution in [0.3, 0.4) is 0 Å². The number of allylic oxidation sites excluding steroid dienone is 1. The molecule has 1 aromatic carbocycles. The highest BCUT2D eigenvalue weighted by molar-refractivity contribution is 6.12. The molecular formula is C84H139N13O24. The molecule has 2 fully saturated rings. The molecule has 37 heteroatoms. The zero-order valence-electron chi connectivity index (χ0n) is 73.4. The van der Waals surface area contributed by atoms with Crippen molar-refractivity contribution in [2.75, 3.05) is 114 Å². The number of likely N-dealkylation sites (tertiary alicyclic amines) is 1. The quantitative estimate of drug-likeness (QED) is 0.0250. The number of carbonyl (C=O) groups excluding carboxylic acids is 11. The van der Waals surface area contributed by atoms with Gasteiger partial charge in [0.05, 0.1) is 115 Å². The smallest absolute Gasteiger partial charge is 0.253 e. The van der Waals surface area contributed by atoms with Crippen LogP contribution in [0.2, 0.25) is 0 Å². The third-order valence-electron chi connectivity index (χ3n) is 22.7. The molecule has 13 N–H and O–H groups in total. The fourth-order valence-corrected chi connectivity index (χ4v) is 15.5. The third kappa shape index (κ3) is 31.6. The maximum Gasteiger partial charge on any atom is 0.253 e. The van der Waals surface area contributed by atoms with E-state index in [2.05, 4.69) is 42.3 Å². The van der Waals surface area contributed by atoms with E-state index in [1.807, 2.05) is 19.9 Å². The average molecular weight is 1720 g/mol. The van der Waals surface area contributed by atoms with Crippen LogP contribution in [0.15, 0.2) is 59.0 Å².